The molecule has 106 valence electrons. The van der Waals surface area contributed by atoms with Crippen LogP contribution in [0, 0.1) is 13.8 Å². The van der Waals surface area contributed by atoms with Crippen LogP contribution in [0.5, 0.6) is 0 Å². The number of hydrogen-bond donors (Lipinski definition) is 1. The zero-order valence-electron chi connectivity index (χ0n) is 10.1. The van der Waals surface area contributed by atoms with Gasteiger partial charge in [-0.1, -0.05) is 6.07 Å². The molecule has 8 heteroatoms. The van der Waals surface area contributed by atoms with E-state index in [0.717, 1.165) is 6.07 Å². The van der Waals surface area contributed by atoms with Crippen molar-refractivity contribution in [3.8, 4) is 0 Å². The van der Waals surface area contributed by atoms with Crippen molar-refractivity contribution >= 4 is 15.8 Å². The molecule has 19 heavy (non-hydrogen) atoms. The number of aryl methyl sites for hydroxylation is 2. The monoisotopic (exact) mass is 296 g/mol. The number of sulfone groups is 1. The highest BCUT2D eigenvalue weighted by atomic mass is 32.2. The lowest BCUT2D eigenvalue weighted by Crippen LogP contribution is -2.23. The van der Waals surface area contributed by atoms with Crippen LogP contribution in [-0.4, -0.2) is 31.4 Å². The minimum atomic E-state index is -4.88. The van der Waals surface area contributed by atoms with Crippen molar-refractivity contribution in [2.45, 2.75) is 24.9 Å². The van der Waals surface area contributed by atoms with Gasteiger partial charge in [0, 0.05) is 0 Å². The number of benzene rings is 1. The molecule has 0 heterocycles. The van der Waals surface area contributed by atoms with Crippen LogP contribution in [0.4, 0.5) is 13.2 Å². The molecule has 0 aliphatic rings. The van der Waals surface area contributed by atoms with E-state index in [1.807, 2.05) is 0 Å². The van der Waals surface area contributed by atoms with Gasteiger partial charge >= 0.3 is 12.1 Å². The topological polar surface area (TPSA) is 71.4 Å². The number of rotatable bonds is 3. The first-order chi connectivity index (χ1) is 8.44. The molecule has 0 fully saturated rings. The van der Waals surface area contributed by atoms with E-state index in [1.165, 1.54) is 19.9 Å². The van der Waals surface area contributed by atoms with E-state index in [4.69, 9.17) is 5.11 Å². The van der Waals surface area contributed by atoms with E-state index < -0.39 is 32.6 Å². The molecule has 0 spiro atoms. The third kappa shape index (κ3) is 3.69. The normalized spacial score (nSPS) is 12.5. The zero-order valence-corrected chi connectivity index (χ0v) is 10.9. The number of carbonyl (C=O) groups is 1. The fraction of sp³-hybridized carbons (Fsp3) is 0.364. The van der Waals surface area contributed by atoms with Crippen molar-refractivity contribution < 1.29 is 31.5 Å². The number of alkyl halides is 3. The second-order valence-corrected chi connectivity index (χ2v) is 6.07. The Kier molecular flexibility index (Phi) is 3.94. The highest BCUT2D eigenvalue weighted by Gasteiger charge is 2.37. The Morgan fingerprint density at radius 2 is 1.74 bits per heavy atom. The average molecular weight is 296 g/mol. The fourth-order valence-electron chi connectivity index (χ4n) is 1.69. The van der Waals surface area contributed by atoms with Crippen LogP contribution in [0.1, 0.15) is 21.5 Å². The van der Waals surface area contributed by atoms with E-state index >= 15 is 0 Å². The van der Waals surface area contributed by atoms with Crippen LogP contribution < -0.4 is 0 Å². The van der Waals surface area contributed by atoms with Gasteiger partial charge < -0.3 is 5.11 Å². The van der Waals surface area contributed by atoms with Crippen molar-refractivity contribution in [1.29, 1.82) is 0 Å². The predicted molar refractivity (Wildman–Crippen MR) is 61.0 cm³/mol. The lowest BCUT2D eigenvalue weighted by atomic mass is 10.1. The summed E-state index contributed by atoms with van der Waals surface area (Å²) in [6.45, 7) is 2.76. The molecule has 1 rings (SSSR count). The summed E-state index contributed by atoms with van der Waals surface area (Å²) in [6, 6.07) is 2.01. The smallest absolute Gasteiger partial charge is 0.403 e. The van der Waals surface area contributed by atoms with Crippen molar-refractivity contribution in [2.75, 3.05) is 5.75 Å². The van der Waals surface area contributed by atoms with E-state index in [-0.39, 0.29) is 16.7 Å². The summed E-state index contributed by atoms with van der Waals surface area (Å²) in [5.41, 5.74) is 0.0501. The summed E-state index contributed by atoms with van der Waals surface area (Å²) in [5, 5.41) is 8.86. The lowest BCUT2D eigenvalue weighted by Gasteiger charge is -2.12. The van der Waals surface area contributed by atoms with Gasteiger partial charge in [0.15, 0.2) is 15.6 Å². The van der Waals surface area contributed by atoms with Gasteiger partial charge in [-0.3, -0.25) is 0 Å². The van der Waals surface area contributed by atoms with E-state index in [9.17, 15) is 26.4 Å². The number of carboxylic acids is 1. The largest absolute Gasteiger partial charge is 0.478 e. The first-order valence-electron chi connectivity index (χ1n) is 5.08. The zero-order chi connectivity index (χ0) is 15.0. The Bertz CT molecular complexity index is 618. The molecule has 0 aliphatic heterocycles. The van der Waals surface area contributed by atoms with Gasteiger partial charge in [0.2, 0.25) is 0 Å². The number of aromatic carboxylic acids is 1. The molecule has 0 atom stereocenters. The van der Waals surface area contributed by atoms with Crippen LogP contribution in [0.25, 0.3) is 0 Å². The molecule has 1 aromatic rings. The first-order valence-corrected chi connectivity index (χ1v) is 6.73. The second-order valence-electron chi connectivity index (χ2n) is 4.11. The molecule has 0 saturated carbocycles. The summed E-state index contributed by atoms with van der Waals surface area (Å²) in [7, 11) is -4.61. The number of hydrogen-bond acceptors (Lipinski definition) is 3. The quantitative estimate of drug-likeness (QED) is 0.929. The van der Waals surface area contributed by atoms with Crippen LogP contribution >= 0.6 is 0 Å². The van der Waals surface area contributed by atoms with Crippen LogP contribution in [-0.2, 0) is 9.84 Å². The third-order valence-corrected chi connectivity index (χ3v) is 4.26. The second kappa shape index (κ2) is 4.84. The summed E-state index contributed by atoms with van der Waals surface area (Å²) in [5.74, 6) is -3.40. The Hall–Kier alpha value is -1.57. The van der Waals surface area contributed by atoms with Crippen molar-refractivity contribution in [1.82, 2.24) is 0 Å². The van der Waals surface area contributed by atoms with Crippen LogP contribution in [0.2, 0.25) is 0 Å². The van der Waals surface area contributed by atoms with Gasteiger partial charge in [0.1, 0.15) is 0 Å². The Morgan fingerprint density at radius 3 is 2.16 bits per heavy atom. The van der Waals surface area contributed by atoms with Crippen LogP contribution in [0.15, 0.2) is 17.0 Å². The maximum Gasteiger partial charge on any atom is 0.403 e. The first kappa shape index (κ1) is 15.5. The van der Waals surface area contributed by atoms with Gasteiger partial charge in [0.25, 0.3) is 0 Å². The van der Waals surface area contributed by atoms with Gasteiger partial charge in [-0.15, -0.1) is 0 Å². The summed E-state index contributed by atoms with van der Waals surface area (Å²) < 4.78 is 59.9. The van der Waals surface area contributed by atoms with Gasteiger partial charge in [-0.05, 0) is 31.0 Å². The van der Waals surface area contributed by atoms with Crippen LogP contribution in [0.3, 0.4) is 0 Å². The molecule has 0 aromatic heterocycles. The maximum atomic E-state index is 12.2. The van der Waals surface area contributed by atoms with Crippen molar-refractivity contribution in [2.24, 2.45) is 0 Å². The summed E-state index contributed by atoms with van der Waals surface area (Å²) in [4.78, 5) is 10.3. The predicted octanol–water partition coefficient (Wildman–Crippen LogP) is 2.34. The van der Waals surface area contributed by atoms with Gasteiger partial charge in [-0.2, -0.15) is 13.2 Å². The lowest BCUT2D eigenvalue weighted by molar-refractivity contribution is -0.106. The van der Waals surface area contributed by atoms with Crippen molar-refractivity contribution in [3.05, 3.63) is 28.8 Å². The third-order valence-electron chi connectivity index (χ3n) is 2.44. The molecule has 0 amide bonds. The minimum absolute atomic E-state index is 0.0896. The molecule has 4 nitrogen and oxygen atoms in total. The fourth-order valence-corrected chi connectivity index (χ4v) is 3.12. The van der Waals surface area contributed by atoms with Gasteiger partial charge in [0.05, 0.1) is 10.5 Å². The van der Waals surface area contributed by atoms with Gasteiger partial charge in [-0.25, -0.2) is 13.2 Å². The Balaban J connectivity index is 3.43. The van der Waals surface area contributed by atoms with Crippen molar-refractivity contribution in [3.63, 3.8) is 0 Å². The van der Waals surface area contributed by atoms with E-state index in [1.54, 1.807) is 0 Å². The van der Waals surface area contributed by atoms with E-state index in [0.29, 0.717) is 0 Å². The summed E-state index contributed by atoms with van der Waals surface area (Å²) in [6.07, 6.45) is -4.88. The Labute approximate surface area is 107 Å². The maximum absolute atomic E-state index is 12.2. The molecule has 1 N–H and O–H groups in total. The Morgan fingerprint density at radius 1 is 1.21 bits per heavy atom. The molecule has 0 bridgehead atoms. The molecule has 0 aliphatic carbocycles. The molecule has 0 saturated heterocycles. The molecule has 1 aromatic carbocycles. The molecule has 0 radical (unpaired) electrons. The SMILES string of the molecule is Cc1cc(C)c(S(=O)(=O)CC(F)(F)F)cc1C(=O)O. The minimum Gasteiger partial charge on any atom is -0.478 e. The average Bonchev–Trinajstić information content (AvgIpc) is 2.11. The standard InChI is InChI=1S/C11H11F3O4S/c1-6-3-7(2)9(4-8(6)10(15)16)19(17,18)5-11(12,13)14/h3-4H,5H2,1-2H3,(H,15,16). The molecular formula is C11H11F3O4S. The summed E-state index contributed by atoms with van der Waals surface area (Å²) >= 11 is 0. The number of halogens is 3. The highest BCUT2D eigenvalue weighted by Crippen LogP contribution is 2.26. The highest BCUT2D eigenvalue weighted by molar-refractivity contribution is 7.91. The number of carboxylic acid groups (broad SMARTS) is 1. The molecule has 0 unspecified atom stereocenters. The van der Waals surface area contributed by atoms with E-state index in [2.05, 4.69) is 0 Å². The molecular weight excluding hydrogens is 285 g/mol.